The van der Waals surface area contributed by atoms with Crippen LogP contribution in [0, 0.1) is 0 Å². The van der Waals surface area contributed by atoms with Crippen LogP contribution < -0.4 is 19.7 Å². The number of hydrogen-bond donors (Lipinski definition) is 4. The molecule has 21 heavy (non-hydrogen) atoms. The summed E-state index contributed by atoms with van der Waals surface area (Å²) in [4.78, 5) is 30.6. The quantitative estimate of drug-likeness (QED) is 0.440. The zero-order valence-electron chi connectivity index (χ0n) is 12.0. The number of carbonyl (C=O) groups excluding carboxylic acids is 3. The van der Waals surface area contributed by atoms with Crippen LogP contribution in [0.15, 0.2) is 0 Å². The number of nitrogens with two attached hydrogens (primary N) is 2. The van der Waals surface area contributed by atoms with Crippen molar-refractivity contribution in [3.8, 4) is 0 Å². The Hall–Kier alpha value is -0.720. The first-order valence-corrected chi connectivity index (χ1v) is 8.40. The van der Waals surface area contributed by atoms with Crippen molar-refractivity contribution in [1.29, 1.82) is 0 Å². The van der Waals surface area contributed by atoms with Gasteiger partial charge in [0, 0.05) is 12.8 Å². The van der Waals surface area contributed by atoms with Gasteiger partial charge >= 0.3 is 0 Å². The lowest BCUT2D eigenvalue weighted by Crippen LogP contribution is -2.36. The Bertz CT molecular complexity index is 377. The minimum Gasteiger partial charge on any atom is -0.299 e. The van der Waals surface area contributed by atoms with Gasteiger partial charge in [-0.2, -0.15) is 0 Å². The fraction of sp³-hybridized carbons (Fsp3) is 0.667. The second-order valence-electron chi connectivity index (χ2n) is 3.21. The van der Waals surface area contributed by atoms with Gasteiger partial charge in [0.1, 0.15) is 5.78 Å². The van der Waals surface area contributed by atoms with Crippen molar-refractivity contribution in [2.24, 2.45) is 10.3 Å². The number of carbonyl (C=O) groups is 3. The van der Waals surface area contributed by atoms with Gasteiger partial charge in [-0.25, -0.2) is 23.4 Å². The van der Waals surface area contributed by atoms with E-state index >= 15 is 0 Å². The third kappa shape index (κ3) is 38.2. The number of hydrogen-bond acceptors (Lipinski definition) is 5. The first kappa shape index (κ1) is 25.2. The van der Waals surface area contributed by atoms with E-state index in [2.05, 4.69) is 19.7 Å². The second kappa shape index (κ2) is 17.3. The SMILES string of the molecule is CCC(=O)Cl.CCC(=O)NS(=O)NCC(C)=O.NS(N)=O. The molecule has 0 rings (SSSR count). The van der Waals surface area contributed by atoms with Gasteiger partial charge in [-0.05, 0) is 18.5 Å². The molecule has 0 saturated carbocycles. The minimum absolute atomic E-state index is 0.00337. The first-order valence-electron chi connectivity index (χ1n) is 5.59. The molecule has 0 fully saturated rings. The van der Waals surface area contributed by atoms with Crippen LogP contribution in [0.25, 0.3) is 0 Å². The minimum atomic E-state index is -1.64. The molecule has 0 radical (unpaired) electrons. The molecule has 0 aliphatic carbocycles. The van der Waals surface area contributed by atoms with Crippen molar-refractivity contribution in [3.63, 3.8) is 0 Å². The topological polar surface area (TPSA) is 161 Å². The van der Waals surface area contributed by atoms with Gasteiger partial charge in [-0.3, -0.25) is 19.1 Å². The molecule has 0 aromatic rings. The number of amides is 1. The molecule has 0 aliphatic heterocycles. The fourth-order valence-corrected chi connectivity index (χ4v) is 1.14. The molecule has 126 valence electrons. The van der Waals surface area contributed by atoms with Crippen LogP contribution in [0.1, 0.15) is 33.6 Å². The second-order valence-corrected chi connectivity index (χ2v) is 5.32. The molecule has 0 aliphatic rings. The number of ketones is 1. The largest absolute Gasteiger partial charge is 0.299 e. The van der Waals surface area contributed by atoms with Gasteiger partial charge in [0.25, 0.3) is 0 Å². The van der Waals surface area contributed by atoms with E-state index in [0.717, 1.165) is 0 Å². The maximum atomic E-state index is 10.8. The summed E-state index contributed by atoms with van der Waals surface area (Å²) in [6.07, 6.45) is 0.703. The van der Waals surface area contributed by atoms with E-state index < -0.39 is 22.3 Å². The first-order chi connectivity index (χ1) is 9.56. The van der Waals surface area contributed by atoms with E-state index in [0.29, 0.717) is 6.42 Å². The third-order valence-corrected chi connectivity index (χ3v) is 2.34. The van der Waals surface area contributed by atoms with Crippen molar-refractivity contribution in [2.45, 2.75) is 33.6 Å². The molecular weight excluding hydrogens is 344 g/mol. The Kier molecular flexibility index (Phi) is 20.8. The molecule has 1 amide bonds. The molecule has 0 saturated heterocycles. The van der Waals surface area contributed by atoms with Crippen molar-refractivity contribution in [1.82, 2.24) is 9.44 Å². The van der Waals surface area contributed by atoms with E-state index in [4.69, 9.17) is 15.8 Å². The van der Waals surface area contributed by atoms with Crippen molar-refractivity contribution >= 4 is 50.9 Å². The highest BCUT2D eigenvalue weighted by Gasteiger charge is 2.03. The maximum Gasteiger partial charge on any atom is 0.232 e. The van der Waals surface area contributed by atoms with Crippen LogP contribution in [0.2, 0.25) is 0 Å². The summed E-state index contributed by atoms with van der Waals surface area (Å²) < 4.78 is 24.4. The predicted molar refractivity (Wildman–Crippen MR) is 82.9 cm³/mol. The Balaban J connectivity index is -0.000000297. The molecule has 1 atom stereocenters. The number of halogens is 1. The predicted octanol–water partition coefficient (Wildman–Crippen LogP) is -1.09. The molecule has 0 heterocycles. The Morgan fingerprint density at radius 2 is 1.48 bits per heavy atom. The van der Waals surface area contributed by atoms with Crippen molar-refractivity contribution < 1.29 is 22.8 Å². The van der Waals surface area contributed by atoms with Crippen LogP contribution in [0.4, 0.5) is 0 Å². The van der Waals surface area contributed by atoms with Gasteiger partial charge < -0.3 is 0 Å². The molecule has 0 aromatic carbocycles. The van der Waals surface area contributed by atoms with Gasteiger partial charge in [0.05, 0.1) is 6.54 Å². The van der Waals surface area contributed by atoms with E-state index in [1.54, 1.807) is 13.8 Å². The molecular formula is C9H21ClN4O5S2. The summed E-state index contributed by atoms with van der Waals surface area (Å²) in [5, 5.41) is 8.45. The molecule has 12 heteroatoms. The summed E-state index contributed by atoms with van der Waals surface area (Å²) >= 11 is 1.57. The smallest absolute Gasteiger partial charge is 0.232 e. The summed E-state index contributed by atoms with van der Waals surface area (Å²) in [6.45, 7) is 4.73. The number of nitrogens with one attached hydrogen (secondary N) is 2. The summed E-state index contributed by atoms with van der Waals surface area (Å²) in [5.41, 5.74) is 0. The van der Waals surface area contributed by atoms with Crippen LogP contribution in [-0.4, -0.2) is 31.9 Å². The average molecular weight is 365 g/mol. The number of rotatable bonds is 6. The highest BCUT2D eigenvalue weighted by molar-refractivity contribution is 7.81. The zero-order valence-corrected chi connectivity index (χ0v) is 14.4. The van der Waals surface area contributed by atoms with E-state index in [1.807, 2.05) is 0 Å². The van der Waals surface area contributed by atoms with E-state index in [1.165, 1.54) is 6.92 Å². The highest BCUT2D eigenvalue weighted by Crippen LogP contribution is 1.81. The normalized spacial score (nSPS) is 10.4. The third-order valence-electron chi connectivity index (χ3n) is 1.26. The van der Waals surface area contributed by atoms with Gasteiger partial charge in [0.2, 0.25) is 11.1 Å². The fourth-order valence-electron chi connectivity index (χ4n) is 0.379. The molecule has 6 N–H and O–H groups in total. The monoisotopic (exact) mass is 364 g/mol. The van der Waals surface area contributed by atoms with Crippen LogP contribution in [-0.2, 0) is 36.7 Å². The van der Waals surface area contributed by atoms with Crippen LogP contribution in [0.5, 0.6) is 0 Å². The maximum absolute atomic E-state index is 10.8. The number of Topliss-reactive ketones (excluding diaryl/α,β-unsaturated/α-hetero) is 1. The van der Waals surface area contributed by atoms with Crippen molar-refractivity contribution in [3.05, 3.63) is 0 Å². The Labute approximate surface area is 134 Å². The molecule has 0 aromatic heterocycles. The lowest BCUT2D eigenvalue weighted by atomic mass is 10.5. The molecule has 0 bridgehead atoms. The van der Waals surface area contributed by atoms with E-state index in [-0.39, 0.29) is 29.9 Å². The average Bonchev–Trinajstić information content (AvgIpc) is 2.36. The molecule has 0 spiro atoms. The van der Waals surface area contributed by atoms with Crippen LogP contribution >= 0.6 is 11.6 Å². The Morgan fingerprint density at radius 3 is 1.71 bits per heavy atom. The summed E-state index contributed by atoms with van der Waals surface area (Å²) in [6, 6.07) is 0. The van der Waals surface area contributed by atoms with Crippen LogP contribution in [0.3, 0.4) is 0 Å². The lowest BCUT2D eigenvalue weighted by molar-refractivity contribution is -0.119. The summed E-state index contributed by atoms with van der Waals surface area (Å²) in [5.74, 6) is -0.446. The standard InChI is InChI=1S/C6H12N2O3S.C3H5ClO.H4N2OS/c1-3-6(10)8-12(11)7-4-5(2)9;1-2-3(4)5;1-4(2)3/h7H,3-4H2,1-2H3,(H,8,10);2H2,1H3;1-2H2. The summed E-state index contributed by atoms with van der Waals surface area (Å²) in [7, 11) is 0. The highest BCUT2D eigenvalue weighted by atomic mass is 35.5. The zero-order chi connectivity index (χ0) is 17.4. The van der Waals surface area contributed by atoms with Crippen molar-refractivity contribution in [2.75, 3.05) is 6.54 Å². The molecule has 9 nitrogen and oxygen atoms in total. The van der Waals surface area contributed by atoms with E-state index in [9.17, 15) is 18.6 Å². The van der Waals surface area contributed by atoms with Gasteiger partial charge in [-0.15, -0.1) is 0 Å². The Morgan fingerprint density at radius 1 is 1.10 bits per heavy atom. The van der Waals surface area contributed by atoms with Gasteiger partial charge in [0.15, 0.2) is 22.3 Å². The lowest BCUT2D eigenvalue weighted by Gasteiger charge is -2.02. The molecule has 1 unspecified atom stereocenters. The van der Waals surface area contributed by atoms with Gasteiger partial charge in [-0.1, -0.05) is 13.8 Å².